The third kappa shape index (κ3) is 3.78. The molecule has 0 radical (unpaired) electrons. The Morgan fingerprint density at radius 3 is 2.48 bits per heavy atom. The van der Waals surface area contributed by atoms with Gasteiger partial charge >= 0.3 is 0 Å². The molecular formula is C20H13BrN4O2. The molecule has 0 bridgehead atoms. The fourth-order valence-electron chi connectivity index (χ4n) is 2.48. The number of amides is 1. The third-order valence-corrected chi connectivity index (χ3v) is 4.52. The van der Waals surface area contributed by atoms with Crippen molar-refractivity contribution in [3.8, 4) is 22.8 Å². The van der Waals surface area contributed by atoms with E-state index in [4.69, 9.17) is 4.52 Å². The summed E-state index contributed by atoms with van der Waals surface area (Å²) in [5.41, 5.74) is 2.63. The zero-order chi connectivity index (χ0) is 18.6. The number of hydrogen-bond acceptors (Lipinski definition) is 5. The zero-order valence-corrected chi connectivity index (χ0v) is 15.6. The van der Waals surface area contributed by atoms with Crippen LogP contribution in [0.15, 0.2) is 81.9 Å². The number of pyridine rings is 1. The zero-order valence-electron chi connectivity index (χ0n) is 14.0. The van der Waals surface area contributed by atoms with Gasteiger partial charge in [-0.1, -0.05) is 23.4 Å². The average Bonchev–Trinajstić information content (AvgIpc) is 3.19. The first kappa shape index (κ1) is 17.1. The third-order valence-electron chi connectivity index (χ3n) is 3.83. The van der Waals surface area contributed by atoms with Gasteiger partial charge in [-0.05, 0) is 64.5 Å². The molecule has 0 spiro atoms. The number of nitrogens with one attached hydrogen (secondary N) is 1. The summed E-state index contributed by atoms with van der Waals surface area (Å²) in [5.74, 6) is 0.646. The molecule has 0 saturated heterocycles. The van der Waals surface area contributed by atoms with Gasteiger partial charge in [-0.15, -0.1) is 0 Å². The van der Waals surface area contributed by atoms with Crippen LogP contribution in [0.5, 0.6) is 0 Å². The van der Waals surface area contributed by atoms with E-state index in [1.54, 1.807) is 36.5 Å². The number of rotatable bonds is 4. The highest BCUT2D eigenvalue weighted by Gasteiger charge is 2.13. The lowest BCUT2D eigenvalue weighted by molar-refractivity contribution is 0.102. The molecule has 4 aromatic rings. The SMILES string of the molecule is O=C(Nc1ccc(-c2noc(-c3ccccc3Br)n2)cc1)c1ccccn1. The summed E-state index contributed by atoms with van der Waals surface area (Å²) in [6.07, 6.45) is 1.58. The predicted molar refractivity (Wildman–Crippen MR) is 105 cm³/mol. The van der Waals surface area contributed by atoms with Crippen molar-refractivity contribution >= 4 is 27.5 Å². The van der Waals surface area contributed by atoms with Crippen molar-refractivity contribution in [1.82, 2.24) is 15.1 Å². The van der Waals surface area contributed by atoms with Crippen LogP contribution in [0.3, 0.4) is 0 Å². The highest BCUT2D eigenvalue weighted by atomic mass is 79.9. The monoisotopic (exact) mass is 420 g/mol. The number of halogens is 1. The number of carbonyl (C=O) groups is 1. The molecule has 2 aromatic heterocycles. The van der Waals surface area contributed by atoms with Crippen LogP contribution < -0.4 is 5.32 Å². The van der Waals surface area contributed by atoms with Crippen molar-refractivity contribution in [2.75, 3.05) is 5.32 Å². The van der Waals surface area contributed by atoms with Crippen LogP contribution in [0.1, 0.15) is 10.5 Å². The standard InChI is InChI=1S/C20H13BrN4O2/c21-16-6-2-1-5-15(16)20-24-18(25-27-20)13-8-10-14(11-9-13)23-19(26)17-7-3-4-12-22-17/h1-12H,(H,23,26). The predicted octanol–water partition coefficient (Wildman–Crippen LogP) is 4.81. The molecule has 0 aliphatic heterocycles. The summed E-state index contributed by atoms with van der Waals surface area (Å²) in [6.45, 7) is 0. The fourth-order valence-corrected chi connectivity index (χ4v) is 2.93. The second-order valence-corrected chi connectivity index (χ2v) is 6.50. The quantitative estimate of drug-likeness (QED) is 0.511. The van der Waals surface area contributed by atoms with Crippen LogP contribution in [-0.4, -0.2) is 21.0 Å². The second-order valence-electron chi connectivity index (χ2n) is 5.65. The number of carbonyl (C=O) groups excluding carboxylic acids is 1. The molecule has 4 rings (SSSR count). The lowest BCUT2D eigenvalue weighted by Gasteiger charge is -2.04. The van der Waals surface area contributed by atoms with E-state index in [1.807, 2.05) is 36.4 Å². The maximum atomic E-state index is 12.1. The van der Waals surface area contributed by atoms with Gasteiger partial charge in [-0.3, -0.25) is 9.78 Å². The Morgan fingerprint density at radius 1 is 0.963 bits per heavy atom. The van der Waals surface area contributed by atoms with Crippen molar-refractivity contribution in [3.05, 3.63) is 83.1 Å². The summed E-state index contributed by atoms with van der Waals surface area (Å²) in [7, 11) is 0. The largest absolute Gasteiger partial charge is 0.334 e. The minimum absolute atomic E-state index is 0.265. The van der Waals surface area contributed by atoms with Gasteiger partial charge in [-0.2, -0.15) is 4.98 Å². The molecule has 0 aliphatic rings. The summed E-state index contributed by atoms with van der Waals surface area (Å²) in [4.78, 5) is 20.6. The minimum Gasteiger partial charge on any atom is -0.334 e. The van der Waals surface area contributed by atoms with Crippen molar-refractivity contribution < 1.29 is 9.32 Å². The average molecular weight is 421 g/mol. The van der Waals surface area contributed by atoms with Crippen molar-refractivity contribution in [3.63, 3.8) is 0 Å². The van der Waals surface area contributed by atoms with E-state index in [2.05, 4.69) is 36.4 Å². The van der Waals surface area contributed by atoms with Gasteiger partial charge in [0.05, 0.1) is 5.56 Å². The summed E-state index contributed by atoms with van der Waals surface area (Å²) in [5, 5.41) is 6.84. The lowest BCUT2D eigenvalue weighted by atomic mass is 10.2. The molecule has 2 heterocycles. The van der Waals surface area contributed by atoms with Gasteiger partial charge in [0.1, 0.15) is 5.69 Å². The molecule has 0 aliphatic carbocycles. The first-order valence-electron chi connectivity index (χ1n) is 8.12. The van der Waals surface area contributed by atoms with Crippen molar-refractivity contribution in [2.45, 2.75) is 0 Å². The lowest BCUT2D eigenvalue weighted by Crippen LogP contribution is -2.13. The molecule has 6 nitrogen and oxygen atoms in total. The van der Waals surface area contributed by atoms with Gasteiger partial charge in [0.15, 0.2) is 0 Å². The van der Waals surface area contributed by atoms with Gasteiger partial charge in [0, 0.05) is 21.9 Å². The Balaban J connectivity index is 1.51. The van der Waals surface area contributed by atoms with E-state index in [0.29, 0.717) is 23.1 Å². The van der Waals surface area contributed by atoms with E-state index < -0.39 is 0 Å². The molecule has 27 heavy (non-hydrogen) atoms. The smallest absolute Gasteiger partial charge is 0.274 e. The summed E-state index contributed by atoms with van der Waals surface area (Å²) >= 11 is 3.48. The molecule has 132 valence electrons. The van der Waals surface area contributed by atoms with Crippen LogP contribution in [0.4, 0.5) is 5.69 Å². The molecule has 1 amide bonds. The molecule has 2 aromatic carbocycles. The van der Waals surface area contributed by atoms with Gasteiger partial charge < -0.3 is 9.84 Å². The normalized spacial score (nSPS) is 10.6. The van der Waals surface area contributed by atoms with E-state index in [1.165, 1.54) is 0 Å². The van der Waals surface area contributed by atoms with E-state index in [-0.39, 0.29) is 5.91 Å². The highest BCUT2D eigenvalue weighted by molar-refractivity contribution is 9.10. The topological polar surface area (TPSA) is 80.9 Å². The molecular weight excluding hydrogens is 408 g/mol. The highest BCUT2D eigenvalue weighted by Crippen LogP contribution is 2.28. The Labute approximate surface area is 163 Å². The summed E-state index contributed by atoms with van der Waals surface area (Å²) in [6, 6.07) is 20.0. The van der Waals surface area contributed by atoms with E-state index in [9.17, 15) is 4.79 Å². The molecule has 0 unspecified atom stereocenters. The minimum atomic E-state index is -0.265. The second kappa shape index (κ2) is 7.51. The Hall–Kier alpha value is -3.32. The Bertz CT molecular complexity index is 1080. The Morgan fingerprint density at radius 2 is 1.74 bits per heavy atom. The molecule has 7 heteroatoms. The van der Waals surface area contributed by atoms with E-state index in [0.717, 1.165) is 15.6 Å². The number of anilines is 1. The number of aromatic nitrogens is 3. The molecule has 0 fully saturated rings. The number of hydrogen-bond donors (Lipinski definition) is 1. The molecule has 0 atom stereocenters. The van der Waals surface area contributed by atoms with Crippen LogP contribution in [0.25, 0.3) is 22.8 Å². The van der Waals surface area contributed by atoms with Gasteiger partial charge in [0.25, 0.3) is 11.8 Å². The van der Waals surface area contributed by atoms with E-state index >= 15 is 0 Å². The van der Waals surface area contributed by atoms with Crippen LogP contribution in [0, 0.1) is 0 Å². The van der Waals surface area contributed by atoms with Crippen molar-refractivity contribution in [1.29, 1.82) is 0 Å². The first-order valence-corrected chi connectivity index (χ1v) is 8.91. The Kier molecular flexibility index (Phi) is 4.76. The number of nitrogens with zero attached hydrogens (tertiary/aromatic N) is 3. The fraction of sp³-hybridized carbons (Fsp3) is 0. The van der Waals surface area contributed by atoms with Crippen LogP contribution in [0.2, 0.25) is 0 Å². The molecule has 0 saturated carbocycles. The number of benzene rings is 2. The maximum Gasteiger partial charge on any atom is 0.274 e. The first-order chi connectivity index (χ1) is 13.2. The van der Waals surface area contributed by atoms with Crippen molar-refractivity contribution in [2.24, 2.45) is 0 Å². The van der Waals surface area contributed by atoms with Gasteiger partial charge in [0.2, 0.25) is 5.82 Å². The van der Waals surface area contributed by atoms with Crippen LogP contribution in [-0.2, 0) is 0 Å². The van der Waals surface area contributed by atoms with Gasteiger partial charge in [-0.25, -0.2) is 0 Å². The molecule has 1 N–H and O–H groups in total. The van der Waals surface area contributed by atoms with Crippen LogP contribution >= 0.6 is 15.9 Å². The summed E-state index contributed by atoms with van der Waals surface area (Å²) < 4.78 is 6.25. The maximum absolute atomic E-state index is 12.1.